The molecule has 9 aromatic rings. The van der Waals surface area contributed by atoms with Crippen molar-refractivity contribution in [1.82, 2.24) is 0 Å². The van der Waals surface area contributed by atoms with E-state index in [-0.39, 0.29) is 5.41 Å². The highest BCUT2D eigenvalue weighted by molar-refractivity contribution is 7.26. The van der Waals surface area contributed by atoms with Gasteiger partial charge in [0.1, 0.15) is 0 Å². The monoisotopic (exact) mass is 602 g/mol. The molecule has 8 aromatic carbocycles. The second-order valence-corrected chi connectivity index (χ2v) is 14.3. The van der Waals surface area contributed by atoms with Gasteiger partial charge in [-0.1, -0.05) is 141 Å². The van der Waals surface area contributed by atoms with Crippen molar-refractivity contribution in [1.29, 1.82) is 0 Å². The zero-order valence-electron chi connectivity index (χ0n) is 25.8. The van der Waals surface area contributed by atoms with E-state index in [0.29, 0.717) is 0 Å². The lowest BCUT2D eigenvalue weighted by Crippen LogP contribution is -2.15. The number of fused-ring (bicyclic) bond motifs is 11. The summed E-state index contributed by atoms with van der Waals surface area (Å²) < 4.78 is 2.72. The van der Waals surface area contributed by atoms with Crippen LogP contribution >= 0.6 is 11.3 Å². The van der Waals surface area contributed by atoms with Gasteiger partial charge in [0.15, 0.2) is 0 Å². The zero-order valence-corrected chi connectivity index (χ0v) is 26.6. The van der Waals surface area contributed by atoms with E-state index in [1.54, 1.807) is 0 Å². The number of hydrogen-bond acceptors (Lipinski definition) is 1. The minimum Gasteiger partial charge on any atom is -0.135 e. The molecule has 1 aliphatic rings. The normalized spacial score (nSPS) is 13.6. The first-order chi connectivity index (χ1) is 22.6. The lowest BCUT2D eigenvalue weighted by atomic mass is 9.79. The first-order valence-corrected chi connectivity index (χ1v) is 16.9. The van der Waals surface area contributed by atoms with Gasteiger partial charge in [-0.3, -0.25) is 0 Å². The van der Waals surface area contributed by atoms with Crippen LogP contribution in [0.4, 0.5) is 0 Å². The van der Waals surface area contributed by atoms with Gasteiger partial charge in [0, 0.05) is 25.6 Å². The lowest BCUT2D eigenvalue weighted by molar-refractivity contribution is 0.667. The van der Waals surface area contributed by atoms with E-state index >= 15 is 0 Å². The van der Waals surface area contributed by atoms with Crippen molar-refractivity contribution in [2.75, 3.05) is 0 Å². The molecule has 0 radical (unpaired) electrons. The van der Waals surface area contributed by atoms with Gasteiger partial charge in [0.25, 0.3) is 0 Å². The topological polar surface area (TPSA) is 0 Å². The molecule has 10 rings (SSSR count). The van der Waals surface area contributed by atoms with Crippen LogP contribution in [0, 0.1) is 0 Å². The molecule has 1 aliphatic carbocycles. The van der Waals surface area contributed by atoms with E-state index in [1.165, 1.54) is 97.0 Å². The number of benzene rings is 8. The molecule has 1 heterocycles. The molecule has 1 heteroatoms. The summed E-state index contributed by atoms with van der Waals surface area (Å²) in [5, 5.41) is 10.7. The van der Waals surface area contributed by atoms with Crippen molar-refractivity contribution in [2.45, 2.75) is 19.3 Å². The maximum Gasteiger partial charge on any atom is 0.0361 e. The Balaban J connectivity index is 1.28. The van der Waals surface area contributed by atoms with Crippen molar-refractivity contribution < 1.29 is 0 Å². The minimum absolute atomic E-state index is 0.124. The highest BCUT2D eigenvalue weighted by atomic mass is 32.1. The SMILES string of the molecule is CC1(C)c2ccc(-c3c4ccccc4c(-c4ccccc4)c4ccccc34)cc2-c2ccc3ccc4sc5ccccc5c4c3c21. The Labute approximate surface area is 272 Å². The smallest absolute Gasteiger partial charge is 0.0361 e. The van der Waals surface area contributed by atoms with Crippen LogP contribution in [0.2, 0.25) is 0 Å². The largest absolute Gasteiger partial charge is 0.135 e. The quantitative estimate of drug-likeness (QED) is 0.173. The van der Waals surface area contributed by atoms with Crippen molar-refractivity contribution in [2.24, 2.45) is 0 Å². The second kappa shape index (κ2) is 9.39. The Morgan fingerprint density at radius 1 is 0.435 bits per heavy atom. The molecule has 0 nitrogen and oxygen atoms in total. The Bertz CT molecular complexity index is 2650. The first kappa shape index (κ1) is 26.0. The third-order valence-electron chi connectivity index (χ3n) is 10.4. The van der Waals surface area contributed by atoms with Crippen LogP contribution in [-0.2, 0) is 5.41 Å². The third-order valence-corrected chi connectivity index (χ3v) is 11.6. The Hall–Kier alpha value is -5.24. The summed E-state index contributed by atoms with van der Waals surface area (Å²) in [6, 6.07) is 54.3. The fourth-order valence-electron chi connectivity index (χ4n) is 8.46. The molecule has 0 bridgehead atoms. The maximum atomic E-state index is 2.48. The molecule has 0 aliphatic heterocycles. The summed E-state index contributed by atoms with van der Waals surface area (Å²) in [6.07, 6.45) is 0. The van der Waals surface area contributed by atoms with Crippen LogP contribution in [0.3, 0.4) is 0 Å². The summed E-state index contributed by atoms with van der Waals surface area (Å²) in [4.78, 5) is 0. The van der Waals surface area contributed by atoms with Crippen LogP contribution in [0.5, 0.6) is 0 Å². The van der Waals surface area contributed by atoms with E-state index < -0.39 is 0 Å². The van der Waals surface area contributed by atoms with Gasteiger partial charge in [0.2, 0.25) is 0 Å². The van der Waals surface area contributed by atoms with Crippen LogP contribution in [0.1, 0.15) is 25.0 Å². The molecule has 46 heavy (non-hydrogen) atoms. The Morgan fingerprint density at radius 2 is 1.02 bits per heavy atom. The third kappa shape index (κ3) is 3.44. The molecule has 0 saturated carbocycles. The van der Waals surface area contributed by atoms with Gasteiger partial charge in [-0.15, -0.1) is 11.3 Å². The predicted molar refractivity (Wildman–Crippen MR) is 200 cm³/mol. The molecule has 0 unspecified atom stereocenters. The van der Waals surface area contributed by atoms with Gasteiger partial charge in [-0.25, -0.2) is 0 Å². The van der Waals surface area contributed by atoms with Crippen molar-refractivity contribution >= 4 is 63.8 Å². The maximum absolute atomic E-state index is 2.48. The molecule has 0 spiro atoms. The van der Waals surface area contributed by atoms with E-state index in [9.17, 15) is 0 Å². The van der Waals surface area contributed by atoms with Crippen LogP contribution in [0.25, 0.3) is 85.9 Å². The summed E-state index contributed by atoms with van der Waals surface area (Å²) in [5.74, 6) is 0. The van der Waals surface area contributed by atoms with Gasteiger partial charge < -0.3 is 0 Å². The lowest BCUT2D eigenvalue weighted by Gasteiger charge is -2.24. The van der Waals surface area contributed by atoms with Crippen LogP contribution in [0.15, 0.2) is 146 Å². The minimum atomic E-state index is -0.124. The highest BCUT2D eigenvalue weighted by Crippen LogP contribution is 2.55. The molecule has 1 aromatic heterocycles. The average molecular weight is 603 g/mol. The Kier molecular flexibility index (Phi) is 5.31. The van der Waals surface area contributed by atoms with Crippen molar-refractivity contribution in [3.05, 3.63) is 157 Å². The summed E-state index contributed by atoms with van der Waals surface area (Å²) in [7, 11) is 0. The fraction of sp³-hybridized carbons (Fsp3) is 0.0667. The van der Waals surface area contributed by atoms with Gasteiger partial charge in [0.05, 0.1) is 0 Å². The van der Waals surface area contributed by atoms with Crippen molar-refractivity contribution in [3.8, 4) is 33.4 Å². The highest BCUT2D eigenvalue weighted by Gasteiger charge is 2.38. The number of rotatable bonds is 2. The summed E-state index contributed by atoms with van der Waals surface area (Å²) in [5.41, 5.74) is 10.6. The van der Waals surface area contributed by atoms with E-state index in [0.717, 1.165) is 0 Å². The first-order valence-electron chi connectivity index (χ1n) is 16.1. The molecule has 0 amide bonds. The predicted octanol–water partition coefficient (Wildman–Crippen LogP) is 13.2. The molecular formula is C45H30S. The number of thiophene rings is 1. The molecule has 216 valence electrons. The molecular weight excluding hydrogens is 573 g/mol. The van der Waals surface area contributed by atoms with E-state index in [2.05, 4.69) is 159 Å². The van der Waals surface area contributed by atoms with Crippen LogP contribution < -0.4 is 0 Å². The van der Waals surface area contributed by atoms with Gasteiger partial charge in [-0.2, -0.15) is 0 Å². The molecule has 0 atom stereocenters. The van der Waals surface area contributed by atoms with Gasteiger partial charge >= 0.3 is 0 Å². The summed E-state index contributed by atoms with van der Waals surface area (Å²) >= 11 is 1.91. The molecule has 0 saturated heterocycles. The second-order valence-electron chi connectivity index (χ2n) is 13.2. The standard InChI is InChI=1S/C45H30S/c1-45(2)37-24-21-29(41-32-16-8-6-14-30(32)40(27-12-4-3-5-13-27)31-15-7-9-17-33(31)41)26-36(37)34-23-20-28-22-25-39-43(42(28)44(34)45)35-18-10-11-19-38(35)46-39/h3-26H,1-2H3. The fourth-order valence-corrected chi connectivity index (χ4v) is 9.58. The molecule has 0 fully saturated rings. The van der Waals surface area contributed by atoms with Gasteiger partial charge in [-0.05, 0) is 95.0 Å². The summed E-state index contributed by atoms with van der Waals surface area (Å²) in [6.45, 7) is 4.84. The zero-order chi connectivity index (χ0) is 30.6. The van der Waals surface area contributed by atoms with E-state index in [1.807, 2.05) is 11.3 Å². The van der Waals surface area contributed by atoms with Crippen molar-refractivity contribution in [3.63, 3.8) is 0 Å². The number of hydrogen-bond donors (Lipinski definition) is 0. The van der Waals surface area contributed by atoms with E-state index in [4.69, 9.17) is 0 Å². The Morgan fingerprint density at radius 3 is 1.72 bits per heavy atom. The molecule has 0 N–H and O–H groups in total. The van der Waals surface area contributed by atoms with Crippen LogP contribution in [-0.4, -0.2) is 0 Å². The average Bonchev–Trinajstić information content (AvgIpc) is 3.59.